The number of benzene rings is 1. The number of rotatable bonds is 2. The molecule has 0 saturated carbocycles. The molecule has 2 rings (SSSR count). The summed E-state index contributed by atoms with van der Waals surface area (Å²) in [6, 6.07) is 6.11. The Labute approximate surface area is 133 Å². The molecule has 0 unspecified atom stereocenters. The van der Waals surface area contributed by atoms with Crippen LogP contribution in [0.1, 0.15) is 21.6 Å². The van der Waals surface area contributed by atoms with Crippen molar-refractivity contribution >= 4 is 27.6 Å². The van der Waals surface area contributed by atoms with Crippen LogP contribution in [-0.4, -0.2) is 17.6 Å². The Kier molecular flexibility index (Phi) is 4.15. The molecule has 0 bridgehead atoms. The number of nitrogens with two attached hydrogens (primary N) is 1. The topological polar surface area (TPSA) is 105 Å². The summed E-state index contributed by atoms with van der Waals surface area (Å²) in [6.45, 7) is 0. The third-order valence-electron chi connectivity index (χ3n) is 2.97. The summed E-state index contributed by atoms with van der Waals surface area (Å²) in [4.78, 5) is 11.9. The molecule has 0 atom stereocenters. The van der Waals surface area contributed by atoms with Gasteiger partial charge in [-0.25, -0.2) is 9.18 Å². The zero-order chi connectivity index (χ0) is 16.4. The first-order valence-corrected chi connectivity index (χ1v) is 6.63. The number of ether oxygens (including phenoxy) is 1. The summed E-state index contributed by atoms with van der Waals surface area (Å²) in [5, 5.41) is 18.3. The minimum absolute atomic E-state index is 0.0143. The predicted molar refractivity (Wildman–Crippen MR) is 78.6 cm³/mol. The van der Waals surface area contributed by atoms with Gasteiger partial charge in [0, 0.05) is 6.20 Å². The monoisotopic (exact) mass is 362 g/mol. The SMILES string of the molecule is COC(=O)c1c(N)c(C#N)cn1-c1c(C#N)ccc(F)c1Br. The number of methoxy groups -OCH3 is 1. The molecule has 22 heavy (non-hydrogen) atoms. The summed E-state index contributed by atoms with van der Waals surface area (Å²) in [5.74, 6) is -1.44. The van der Waals surface area contributed by atoms with E-state index in [2.05, 4.69) is 20.7 Å². The molecule has 0 fully saturated rings. The summed E-state index contributed by atoms with van der Waals surface area (Å²) in [5.41, 5.74) is 5.69. The van der Waals surface area contributed by atoms with Gasteiger partial charge in [-0.15, -0.1) is 0 Å². The molecular formula is C14H8BrFN4O2. The number of nitrogens with zero attached hydrogens (tertiary/aromatic N) is 3. The van der Waals surface area contributed by atoms with E-state index in [1.54, 1.807) is 0 Å². The average Bonchev–Trinajstić information content (AvgIpc) is 2.85. The first-order valence-electron chi connectivity index (χ1n) is 5.84. The number of hydrogen-bond acceptors (Lipinski definition) is 5. The Morgan fingerprint density at radius 3 is 2.55 bits per heavy atom. The highest BCUT2D eigenvalue weighted by Crippen LogP contribution is 2.32. The normalized spacial score (nSPS) is 9.86. The summed E-state index contributed by atoms with van der Waals surface area (Å²) < 4.78 is 19.6. The van der Waals surface area contributed by atoms with Crippen LogP contribution in [0, 0.1) is 28.5 Å². The van der Waals surface area contributed by atoms with Crippen LogP contribution in [0.3, 0.4) is 0 Å². The van der Waals surface area contributed by atoms with Gasteiger partial charge in [-0.1, -0.05) is 0 Å². The molecule has 0 aliphatic carbocycles. The van der Waals surface area contributed by atoms with Gasteiger partial charge in [0.05, 0.1) is 34.1 Å². The Bertz CT molecular complexity index is 861. The van der Waals surface area contributed by atoms with Crippen molar-refractivity contribution in [3.05, 3.63) is 45.4 Å². The molecule has 2 aromatic rings. The van der Waals surface area contributed by atoms with Crippen molar-refractivity contribution in [3.63, 3.8) is 0 Å². The molecule has 0 radical (unpaired) electrons. The van der Waals surface area contributed by atoms with Crippen molar-refractivity contribution in [3.8, 4) is 17.8 Å². The Morgan fingerprint density at radius 2 is 2.00 bits per heavy atom. The Hall–Kier alpha value is -2.84. The van der Waals surface area contributed by atoms with Crippen LogP contribution in [0.4, 0.5) is 10.1 Å². The number of carbonyl (C=O) groups is 1. The molecule has 0 amide bonds. The van der Waals surface area contributed by atoms with Gasteiger partial charge in [0.2, 0.25) is 0 Å². The van der Waals surface area contributed by atoms with Gasteiger partial charge in [-0.2, -0.15) is 10.5 Å². The van der Waals surface area contributed by atoms with Crippen LogP contribution in [0.25, 0.3) is 5.69 Å². The van der Waals surface area contributed by atoms with E-state index < -0.39 is 11.8 Å². The van der Waals surface area contributed by atoms with Gasteiger partial charge in [-0.3, -0.25) is 0 Å². The maximum Gasteiger partial charge on any atom is 0.357 e. The smallest absolute Gasteiger partial charge is 0.357 e. The van der Waals surface area contributed by atoms with E-state index in [1.807, 2.05) is 12.1 Å². The summed E-state index contributed by atoms with van der Waals surface area (Å²) in [6.07, 6.45) is 1.25. The average molecular weight is 363 g/mol. The van der Waals surface area contributed by atoms with E-state index in [0.717, 1.165) is 13.2 Å². The van der Waals surface area contributed by atoms with Gasteiger partial charge >= 0.3 is 5.97 Å². The lowest BCUT2D eigenvalue weighted by molar-refractivity contribution is 0.0593. The van der Waals surface area contributed by atoms with Crippen molar-refractivity contribution in [1.29, 1.82) is 10.5 Å². The molecule has 1 heterocycles. The van der Waals surface area contributed by atoms with E-state index in [4.69, 9.17) is 11.0 Å². The van der Waals surface area contributed by atoms with E-state index in [0.29, 0.717) is 0 Å². The number of nitriles is 2. The van der Waals surface area contributed by atoms with Crippen molar-refractivity contribution in [2.45, 2.75) is 0 Å². The second-order valence-corrected chi connectivity index (χ2v) is 4.94. The third-order valence-corrected chi connectivity index (χ3v) is 3.73. The zero-order valence-corrected chi connectivity index (χ0v) is 12.8. The van der Waals surface area contributed by atoms with Gasteiger partial charge in [0.25, 0.3) is 0 Å². The number of hydrogen-bond donors (Lipinski definition) is 1. The standard InChI is InChI=1S/C14H8BrFN4O2/c1-22-14(21)13-11(19)8(5-18)6-20(13)12-7(4-17)2-3-9(16)10(12)15/h2-3,6H,19H2,1H3. The molecule has 110 valence electrons. The van der Waals surface area contributed by atoms with Gasteiger partial charge < -0.3 is 15.0 Å². The highest BCUT2D eigenvalue weighted by Gasteiger charge is 2.25. The lowest BCUT2D eigenvalue weighted by Gasteiger charge is -2.12. The lowest BCUT2D eigenvalue weighted by Crippen LogP contribution is -2.12. The van der Waals surface area contributed by atoms with Crippen LogP contribution < -0.4 is 5.73 Å². The molecule has 0 aliphatic heterocycles. The lowest BCUT2D eigenvalue weighted by atomic mass is 10.2. The number of anilines is 1. The maximum absolute atomic E-state index is 13.8. The van der Waals surface area contributed by atoms with E-state index in [1.165, 1.54) is 16.8 Å². The third kappa shape index (κ3) is 2.30. The molecule has 0 aliphatic rings. The second-order valence-electron chi connectivity index (χ2n) is 4.15. The number of esters is 1. The predicted octanol–water partition coefficient (Wildman–Crippen LogP) is 2.49. The maximum atomic E-state index is 13.8. The Balaban J connectivity index is 2.91. The molecule has 6 nitrogen and oxygen atoms in total. The van der Waals surface area contributed by atoms with Crippen molar-refractivity contribution in [1.82, 2.24) is 4.57 Å². The van der Waals surface area contributed by atoms with Gasteiger partial charge in [0.1, 0.15) is 18.0 Å². The van der Waals surface area contributed by atoms with Crippen molar-refractivity contribution in [2.24, 2.45) is 0 Å². The van der Waals surface area contributed by atoms with E-state index in [9.17, 15) is 14.4 Å². The minimum atomic E-state index is -0.806. The van der Waals surface area contributed by atoms with Crippen LogP contribution in [0.15, 0.2) is 22.8 Å². The largest absolute Gasteiger partial charge is 0.464 e. The molecule has 1 aromatic heterocycles. The first-order chi connectivity index (χ1) is 10.5. The molecule has 1 aromatic carbocycles. The second kappa shape index (κ2) is 5.88. The molecule has 0 saturated heterocycles. The van der Waals surface area contributed by atoms with Gasteiger partial charge in [0.15, 0.2) is 5.69 Å². The van der Waals surface area contributed by atoms with Crippen LogP contribution in [0.2, 0.25) is 0 Å². The zero-order valence-electron chi connectivity index (χ0n) is 11.2. The van der Waals surface area contributed by atoms with Crippen LogP contribution >= 0.6 is 15.9 Å². The highest BCUT2D eigenvalue weighted by molar-refractivity contribution is 9.10. The minimum Gasteiger partial charge on any atom is -0.464 e. The van der Waals surface area contributed by atoms with E-state index >= 15 is 0 Å². The van der Waals surface area contributed by atoms with Gasteiger partial charge in [-0.05, 0) is 28.1 Å². The first kappa shape index (κ1) is 15.5. The fraction of sp³-hybridized carbons (Fsp3) is 0.0714. The summed E-state index contributed by atoms with van der Waals surface area (Å²) >= 11 is 3.05. The molecule has 0 spiro atoms. The fourth-order valence-corrected chi connectivity index (χ4v) is 2.49. The number of halogens is 2. The molecule has 2 N–H and O–H groups in total. The molecular weight excluding hydrogens is 355 g/mol. The van der Waals surface area contributed by atoms with Crippen molar-refractivity contribution in [2.75, 3.05) is 12.8 Å². The highest BCUT2D eigenvalue weighted by atomic mass is 79.9. The van der Waals surface area contributed by atoms with Crippen LogP contribution in [-0.2, 0) is 4.74 Å². The summed E-state index contributed by atoms with van der Waals surface area (Å²) in [7, 11) is 1.15. The number of carbonyl (C=O) groups excluding carboxylic acids is 1. The number of nitrogen functional groups attached to an aromatic ring is 1. The number of aromatic nitrogens is 1. The Morgan fingerprint density at radius 1 is 1.36 bits per heavy atom. The van der Waals surface area contributed by atoms with Crippen molar-refractivity contribution < 1.29 is 13.9 Å². The van der Waals surface area contributed by atoms with Crippen LogP contribution in [0.5, 0.6) is 0 Å². The fourth-order valence-electron chi connectivity index (χ4n) is 1.96. The molecule has 8 heteroatoms. The van der Waals surface area contributed by atoms with E-state index in [-0.39, 0.29) is 32.7 Å². The quantitative estimate of drug-likeness (QED) is 0.826.